The molecule has 2 rings (SSSR count). The van der Waals surface area contributed by atoms with Crippen molar-refractivity contribution in [2.24, 2.45) is 0 Å². The van der Waals surface area contributed by atoms with Crippen LogP contribution in [0.25, 0.3) is 0 Å². The Kier molecular flexibility index (Phi) is 7.27. The maximum atomic E-state index is 12.4. The fraction of sp³-hybridized carbons (Fsp3) is 0.368. The lowest BCUT2D eigenvalue weighted by Gasteiger charge is -2.21. The predicted molar refractivity (Wildman–Crippen MR) is 111 cm³/mol. The van der Waals surface area contributed by atoms with Crippen molar-refractivity contribution in [3.05, 3.63) is 40.2 Å². The molecule has 10 heteroatoms. The van der Waals surface area contributed by atoms with Gasteiger partial charge in [0.15, 0.2) is 11.0 Å². The molecule has 0 saturated carbocycles. The first-order valence-electron chi connectivity index (χ1n) is 8.98. The molecular weight excluding hydrogens is 396 g/mol. The van der Waals surface area contributed by atoms with Gasteiger partial charge < -0.3 is 20.5 Å². The number of nitrogens with two attached hydrogens (primary N) is 1. The molecule has 1 aromatic heterocycles. The first-order valence-corrected chi connectivity index (χ1v) is 9.79. The summed E-state index contributed by atoms with van der Waals surface area (Å²) in [4.78, 5) is 43.4. The number of benzene rings is 1. The highest BCUT2D eigenvalue weighted by Gasteiger charge is 2.32. The summed E-state index contributed by atoms with van der Waals surface area (Å²) in [5.74, 6) is -0.484. The monoisotopic (exact) mass is 420 g/mol. The van der Waals surface area contributed by atoms with Gasteiger partial charge >= 0.3 is 5.97 Å². The molecule has 0 atom stereocenters. The summed E-state index contributed by atoms with van der Waals surface area (Å²) in [6.07, 6.45) is 0. The number of ether oxygens (including phenoxy) is 2. The number of carbonyl (C=O) groups excluding carboxylic acids is 2. The third-order valence-electron chi connectivity index (χ3n) is 3.71. The van der Waals surface area contributed by atoms with Crippen LogP contribution in [0.5, 0.6) is 5.75 Å². The SMILES string of the molecule is CCOC(=O)C(C)(C)Sc1nc(N)c(NC(=O)c2ccc(OCC)cc2)c(=O)[nH]1. The molecule has 0 saturated heterocycles. The minimum absolute atomic E-state index is 0.143. The van der Waals surface area contributed by atoms with E-state index in [9.17, 15) is 14.4 Å². The van der Waals surface area contributed by atoms with Crippen LogP contribution in [0.1, 0.15) is 38.1 Å². The summed E-state index contributed by atoms with van der Waals surface area (Å²) in [7, 11) is 0. The molecule has 0 aliphatic carbocycles. The number of hydrogen-bond donors (Lipinski definition) is 3. The number of nitrogens with zero attached hydrogens (tertiary/aromatic N) is 1. The Bertz CT molecular complexity index is 941. The number of H-pyrrole nitrogens is 1. The molecule has 0 radical (unpaired) electrons. The summed E-state index contributed by atoms with van der Waals surface area (Å²) in [6, 6.07) is 6.46. The van der Waals surface area contributed by atoms with Crippen LogP contribution >= 0.6 is 11.8 Å². The number of amides is 1. The van der Waals surface area contributed by atoms with Crippen molar-refractivity contribution in [2.75, 3.05) is 24.3 Å². The van der Waals surface area contributed by atoms with E-state index in [0.29, 0.717) is 17.9 Å². The molecule has 0 fully saturated rings. The van der Waals surface area contributed by atoms with Gasteiger partial charge in [0.2, 0.25) is 0 Å². The van der Waals surface area contributed by atoms with Crippen molar-refractivity contribution in [3.63, 3.8) is 0 Å². The first kappa shape index (κ1) is 22.3. The van der Waals surface area contributed by atoms with Crippen molar-refractivity contribution >= 4 is 35.1 Å². The average Bonchev–Trinajstić information content (AvgIpc) is 2.65. The second kappa shape index (κ2) is 9.46. The Morgan fingerprint density at radius 3 is 2.41 bits per heavy atom. The number of esters is 1. The molecule has 0 spiro atoms. The number of aromatic nitrogens is 2. The molecule has 1 amide bonds. The Labute approximate surface area is 172 Å². The van der Waals surface area contributed by atoms with E-state index < -0.39 is 22.2 Å². The molecular formula is C19H24N4O5S. The highest BCUT2D eigenvalue weighted by Crippen LogP contribution is 2.31. The van der Waals surface area contributed by atoms with Gasteiger partial charge in [0.25, 0.3) is 11.5 Å². The zero-order valence-corrected chi connectivity index (χ0v) is 17.5. The van der Waals surface area contributed by atoms with Crippen molar-refractivity contribution < 1.29 is 19.1 Å². The minimum atomic E-state index is -0.981. The second-order valence-corrected chi connectivity index (χ2v) is 7.99. The molecule has 0 aliphatic rings. The van der Waals surface area contributed by atoms with E-state index in [1.54, 1.807) is 45.0 Å². The van der Waals surface area contributed by atoms with Gasteiger partial charge in [-0.3, -0.25) is 19.4 Å². The van der Waals surface area contributed by atoms with Crippen LogP contribution in [0.15, 0.2) is 34.2 Å². The fourth-order valence-electron chi connectivity index (χ4n) is 2.28. The van der Waals surface area contributed by atoms with Crippen LogP contribution in [0.2, 0.25) is 0 Å². The Balaban J connectivity index is 2.17. The number of hydrogen-bond acceptors (Lipinski definition) is 8. The van der Waals surface area contributed by atoms with Crippen molar-refractivity contribution in [1.29, 1.82) is 0 Å². The largest absolute Gasteiger partial charge is 0.494 e. The topological polar surface area (TPSA) is 136 Å². The van der Waals surface area contributed by atoms with Crippen molar-refractivity contribution in [2.45, 2.75) is 37.6 Å². The molecule has 1 heterocycles. The molecule has 1 aromatic carbocycles. The van der Waals surface area contributed by atoms with Gasteiger partial charge in [-0.2, -0.15) is 0 Å². The molecule has 156 valence electrons. The smallest absolute Gasteiger partial charge is 0.322 e. The standard InChI is InChI=1S/C19H24N4O5S/c1-5-27-12-9-7-11(8-10-12)15(24)21-13-14(20)22-18(23-16(13)25)29-19(3,4)17(26)28-6-2/h7-10H,5-6H2,1-4H3,(H,21,24)(H3,20,22,23,25). The van der Waals surface area contributed by atoms with Crippen LogP contribution in [0, 0.1) is 0 Å². The van der Waals surface area contributed by atoms with Crippen LogP contribution in [-0.4, -0.2) is 39.8 Å². The Hall–Kier alpha value is -3.01. The number of thioether (sulfide) groups is 1. The Morgan fingerprint density at radius 2 is 1.86 bits per heavy atom. The van der Waals surface area contributed by atoms with Gasteiger partial charge in [-0.15, -0.1) is 0 Å². The summed E-state index contributed by atoms with van der Waals surface area (Å²) in [5.41, 5.74) is 5.41. The number of carbonyl (C=O) groups is 2. The van der Waals surface area contributed by atoms with Gasteiger partial charge in [0, 0.05) is 5.56 Å². The highest BCUT2D eigenvalue weighted by atomic mass is 32.2. The van der Waals surface area contributed by atoms with Crippen molar-refractivity contribution in [1.82, 2.24) is 9.97 Å². The van der Waals surface area contributed by atoms with Crippen LogP contribution in [-0.2, 0) is 9.53 Å². The zero-order valence-electron chi connectivity index (χ0n) is 16.7. The molecule has 2 aromatic rings. The highest BCUT2D eigenvalue weighted by molar-refractivity contribution is 8.01. The predicted octanol–water partition coefficient (Wildman–Crippen LogP) is 2.44. The quantitative estimate of drug-likeness (QED) is 0.336. The minimum Gasteiger partial charge on any atom is -0.494 e. The molecule has 0 aliphatic heterocycles. The maximum absolute atomic E-state index is 12.4. The third kappa shape index (κ3) is 5.74. The number of aromatic amines is 1. The summed E-state index contributed by atoms with van der Waals surface area (Å²) < 4.78 is 9.36. The third-order valence-corrected chi connectivity index (χ3v) is 4.77. The van der Waals surface area contributed by atoms with Crippen LogP contribution < -0.4 is 21.3 Å². The Morgan fingerprint density at radius 1 is 1.21 bits per heavy atom. The van der Waals surface area contributed by atoms with E-state index in [1.165, 1.54) is 0 Å². The van der Waals surface area contributed by atoms with Crippen LogP contribution in [0.3, 0.4) is 0 Å². The van der Waals surface area contributed by atoms with Crippen molar-refractivity contribution in [3.8, 4) is 5.75 Å². The lowest BCUT2D eigenvalue weighted by molar-refractivity contribution is -0.145. The second-order valence-electron chi connectivity index (χ2n) is 6.38. The molecule has 9 nitrogen and oxygen atoms in total. The zero-order chi connectivity index (χ0) is 21.6. The number of nitrogen functional groups attached to an aromatic ring is 1. The fourth-order valence-corrected chi connectivity index (χ4v) is 3.19. The van der Waals surface area contributed by atoms with Gasteiger partial charge in [-0.05, 0) is 52.0 Å². The summed E-state index contributed by atoms with van der Waals surface area (Å²) in [6.45, 7) is 7.61. The molecule has 4 N–H and O–H groups in total. The van der Waals surface area contributed by atoms with E-state index in [4.69, 9.17) is 15.2 Å². The van der Waals surface area contributed by atoms with Crippen LogP contribution in [0.4, 0.5) is 11.5 Å². The van der Waals surface area contributed by atoms with Gasteiger partial charge in [0.1, 0.15) is 16.2 Å². The van der Waals surface area contributed by atoms with Gasteiger partial charge in [-0.1, -0.05) is 11.8 Å². The van der Waals surface area contributed by atoms with E-state index in [1.807, 2.05) is 6.92 Å². The number of nitrogens with one attached hydrogen (secondary N) is 2. The average molecular weight is 420 g/mol. The van der Waals surface area contributed by atoms with Gasteiger partial charge in [0.05, 0.1) is 13.2 Å². The normalized spacial score (nSPS) is 11.0. The molecule has 0 bridgehead atoms. The van der Waals surface area contributed by atoms with E-state index >= 15 is 0 Å². The molecule has 29 heavy (non-hydrogen) atoms. The van der Waals surface area contributed by atoms with E-state index in [0.717, 1.165) is 11.8 Å². The summed E-state index contributed by atoms with van der Waals surface area (Å²) in [5, 5.41) is 2.61. The summed E-state index contributed by atoms with van der Waals surface area (Å²) >= 11 is 1.00. The number of rotatable bonds is 8. The lowest BCUT2D eigenvalue weighted by atomic mass is 10.2. The molecule has 0 unspecified atom stereocenters. The first-order chi connectivity index (χ1) is 13.7. The maximum Gasteiger partial charge on any atom is 0.322 e. The number of anilines is 2. The lowest BCUT2D eigenvalue weighted by Crippen LogP contribution is -2.31. The van der Waals surface area contributed by atoms with E-state index in [2.05, 4.69) is 15.3 Å². The van der Waals surface area contributed by atoms with Gasteiger partial charge in [-0.25, -0.2) is 4.98 Å². The van der Waals surface area contributed by atoms with E-state index in [-0.39, 0.29) is 23.3 Å².